The maximum Gasteiger partial charge on any atom is 0.242 e. The highest BCUT2D eigenvalue weighted by Crippen LogP contribution is 2.15. The van der Waals surface area contributed by atoms with Gasteiger partial charge in [0.05, 0.1) is 17.7 Å². The summed E-state index contributed by atoms with van der Waals surface area (Å²) in [6, 6.07) is 0. The standard InChI is InChI=1S/C12H21N3O3S/c1-10(16)6-13-2-4-14(5-3-13)11(17)7-15-9-19-8-12(15)18/h10,16H,2-9H2,1H3. The van der Waals surface area contributed by atoms with Gasteiger partial charge in [0, 0.05) is 32.7 Å². The summed E-state index contributed by atoms with van der Waals surface area (Å²) in [6.45, 7) is 5.58. The average Bonchev–Trinajstić information content (AvgIpc) is 2.75. The molecular weight excluding hydrogens is 266 g/mol. The Kier molecular flexibility index (Phi) is 5.06. The summed E-state index contributed by atoms with van der Waals surface area (Å²) >= 11 is 1.56. The van der Waals surface area contributed by atoms with Gasteiger partial charge in [-0.2, -0.15) is 0 Å². The van der Waals surface area contributed by atoms with Crippen molar-refractivity contribution < 1.29 is 14.7 Å². The first kappa shape index (κ1) is 14.6. The summed E-state index contributed by atoms with van der Waals surface area (Å²) in [7, 11) is 0. The van der Waals surface area contributed by atoms with Gasteiger partial charge in [-0.3, -0.25) is 14.5 Å². The number of hydrogen-bond donors (Lipinski definition) is 1. The number of carbonyl (C=O) groups excluding carboxylic acids is 2. The molecule has 2 rings (SSSR count). The number of thioether (sulfide) groups is 1. The van der Waals surface area contributed by atoms with Crippen molar-refractivity contribution in [1.29, 1.82) is 0 Å². The molecule has 0 aromatic carbocycles. The second-order valence-corrected chi connectivity index (χ2v) is 6.05. The number of carbonyl (C=O) groups is 2. The number of β-amino-alcohol motifs (C(OH)–C–C–N with tert-alkyl or cyclic N) is 1. The number of nitrogens with zero attached hydrogens (tertiary/aromatic N) is 3. The van der Waals surface area contributed by atoms with Crippen LogP contribution < -0.4 is 0 Å². The summed E-state index contributed by atoms with van der Waals surface area (Å²) in [5.41, 5.74) is 0. The van der Waals surface area contributed by atoms with Crippen molar-refractivity contribution in [2.45, 2.75) is 13.0 Å². The molecule has 1 atom stereocenters. The van der Waals surface area contributed by atoms with Crippen LogP contribution in [0, 0.1) is 0 Å². The monoisotopic (exact) mass is 287 g/mol. The molecule has 0 saturated carbocycles. The van der Waals surface area contributed by atoms with Crippen LogP contribution in [0.4, 0.5) is 0 Å². The average molecular weight is 287 g/mol. The quantitative estimate of drug-likeness (QED) is 0.722. The van der Waals surface area contributed by atoms with Gasteiger partial charge in [-0.1, -0.05) is 0 Å². The molecule has 2 heterocycles. The first-order chi connectivity index (χ1) is 9.06. The van der Waals surface area contributed by atoms with E-state index in [1.54, 1.807) is 23.6 Å². The molecule has 108 valence electrons. The third-order valence-electron chi connectivity index (χ3n) is 3.40. The Bertz CT molecular complexity index is 343. The summed E-state index contributed by atoms with van der Waals surface area (Å²) < 4.78 is 0. The van der Waals surface area contributed by atoms with Gasteiger partial charge >= 0.3 is 0 Å². The van der Waals surface area contributed by atoms with E-state index in [1.165, 1.54) is 0 Å². The van der Waals surface area contributed by atoms with Gasteiger partial charge in [0.25, 0.3) is 0 Å². The van der Waals surface area contributed by atoms with Crippen molar-refractivity contribution in [3.05, 3.63) is 0 Å². The lowest BCUT2D eigenvalue weighted by Crippen LogP contribution is -2.52. The fourth-order valence-electron chi connectivity index (χ4n) is 2.36. The van der Waals surface area contributed by atoms with Crippen LogP contribution in [0.1, 0.15) is 6.92 Å². The van der Waals surface area contributed by atoms with E-state index in [9.17, 15) is 14.7 Å². The highest BCUT2D eigenvalue weighted by Gasteiger charge is 2.27. The first-order valence-electron chi connectivity index (χ1n) is 6.60. The van der Waals surface area contributed by atoms with Crippen LogP contribution >= 0.6 is 11.8 Å². The molecule has 1 N–H and O–H groups in total. The molecular formula is C12H21N3O3S. The van der Waals surface area contributed by atoms with Crippen molar-refractivity contribution in [3.8, 4) is 0 Å². The van der Waals surface area contributed by atoms with E-state index in [0.717, 1.165) is 13.1 Å². The molecule has 0 spiro atoms. The van der Waals surface area contributed by atoms with E-state index in [1.807, 2.05) is 4.90 Å². The van der Waals surface area contributed by atoms with Crippen LogP contribution in [0.25, 0.3) is 0 Å². The largest absolute Gasteiger partial charge is 0.392 e. The zero-order valence-electron chi connectivity index (χ0n) is 11.2. The van der Waals surface area contributed by atoms with Gasteiger partial charge < -0.3 is 14.9 Å². The fraction of sp³-hybridized carbons (Fsp3) is 0.833. The molecule has 2 amide bonds. The van der Waals surface area contributed by atoms with Crippen LogP contribution in [0.2, 0.25) is 0 Å². The molecule has 2 fully saturated rings. The third-order valence-corrected chi connectivity index (χ3v) is 4.34. The van der Waals surface area contributed by atoms with Crippen LogP contribution in [0.15, 0.2) is 0 Å². The number of hydrogen-bond acceptors (Lipinski definition) is 5. The van der Waals surface area contributed by atoms with Crippen LogP contribution in [-0.2, 0) is 9.59 Å². The van der Waals surface area contributed by atoms with Gasteiger partial charge in [-0.15, -0.1) is 11.8 Å². The van der Waals surface area contributed by atoms with E-state index in [-0.39, 0.29) is 24.5 Å². The Morgan fingerprint density at radius 3 is 2.58 bits per heavy atom. The first-order valence-corrected chi connectivity index (χ1v) is 7.75. The third kappa shape index (κ3) is 4.09. The number of amides is 2. The maximum absolute atomic E-state index is 12.1. The molecule has 7 heteroatoms. The fourth-order valence-corrected chi connectivity index (χ4v) is 3.26. The molecule has 0 radical (unpaired) electrons. The Morgan fingerprint density at radius 2 is 2.05 bits per heavy atom. The van der Waals surface area contributed by atoms with Crippen LogP contribution in [0.5, 0.6) is 0 Å². The summed E-state index contributed by atoms with van der Waals surface area (Å²) in [6.07, 6.45) is -0.332. The Hall–Kier alpha value is -0.790. The van der Waals surface area contributed by atoms with Gasteiger partial charge in [0.2, 0.25) is 11.8 Å². The second kappa shape index (κ2) is 6.58. The lowest BCUT2D eigenvalue weighted by atomic mass is 10.2. The smallest absolute Gasteiger partial charge is 0.242 e. The number of aliphatic hydroxyl groups excluding tert-OH is 1. The van der Waals surface area contributed by atoms with Crippen molar-refractivity contribution >= 4 is 23.6 Å². The van der Waals surface area contributed by atoms with Gasteiger partial charge in [-0.25, -0.2) is 0 Å². The molecule has 0 aromatic rings. The molecule has 2 saturated heterocycles. The molecule has 1 unspecified atom stereocenters. The van der Waals surface area contributed by atoms with E-state index in [4.69, 9.17) is 0 Å². The molecule has 2 aliphatic heterocycles. The highest BCUT2D eigenvalue weighted by molar-refractivity contribution is 8.00. The summed E-state index contributed by atoms with van der Waals surface area (Å²) in [4.78, 5) is 29.1. The van der Waals surface area contributed by atoms with Gasteiger partial charge in [0.15, 0.2) is 0 Å². The molecule has 2 aliphatic rings. The predicted molar refractivity (Wildman–Crippen MR) is 73.7 cm³/mol. The lowest BCUT2D eigenvalue weighted by molar-refractivity contribution is -0.139. The molecule has 0 bridgehead atoms. The Morgan fingerprint density at radius 1 is 1.37 bits per heavy atom. The summed E-state index contributed by atoms with van der Waals surface area (Å²) in [5, 5.41) is 9.33. The minimum Gasteiger partial charge on any atom is -0.392 e. The van der Waals surface area contributed by atoms with Crippen molar-refractivity contribution in [2.75, 3.05) is 50.9 Å². The van der Waals surface area contributed by atoms with Crippen LogP contribution in [0.3, 0.4) is 0 Å². The summed E-state index contributed by atoms with van der Waals surface area (Å²) in [5.74, 6) is 1.22. The van der Waals surface area contributed by atoms with E-state index in [0.29, 0.717) is 31.3 Å². The zero-order chi connectivity index (χ0) is 13.8. The SMILES string of the molecule is CC(O)CN1CCN(C(=O)CN2CSCC2=O)CC1. The van der Waals surface area contributed by atoms with E-state index in [2.05, 4.69) is 4.90 Å². The number of piperazine rings is 1. The zero-order valence-corrected chi connectivity index (χ0v) is 12.1. The van der Waals surface area contributed by atoms with Crippen molar-refractivity contribution in [3.63, 3.8) is 0 Å². The maximum atomic E-state index is 12.1. The van der Waals surface area contributed by atoms with E-state index < -0.39 is 0 Å². The second-order valence-electron chi connectivity index (χ2n) is 5.10. The predicted octanol–water partition coefficient (Wildman–Crippen LogP) is -0.956. The molecule has 0 aliphatic carbocycles. The Labute approximate surface area is 117 Å². The van der Waals surface area contributed by atoms with Crippen LogP contribution in [-0.4, -0.2) is 88.6 Å². The number of aliphatic hydroxyl groups is 1. The molecule has 6 nitrogen and oxygen atoms in total. The minimum atomic E-state index is -0.332. The Balaban J connectivity index is 1.74. The highest BCUT2D eigenvalue weighted by atomic mass is 32.2. The van der Waals surface area contributed by atoms with E-state index >= 15 is 0 Å². The topological polar surface area (TPSA) is 64.1 Å². The number of rotatable bonds is 4. The van der Waals surface area contributed by atoms with Gasteiger partial charge in [-0.05, 0) is 6.92 Å². The van der Waals surface area contributed by atoms with Crippen molar-refractivity contribution in [1.82, 2.24) is 14.7 Å². The molecule has 0 aromatic heterocycles. The lowest BCUT2D eigenvalue weighted by Gasteiger charge is -2.35. The minimum absolute atomic E-state index is 0.0348. The normalized spacial score (nSPS) is 22.9. The van der Waals surface area contributed by atoms with Crippen molar-refractivity contribution in [2.24, 2.45) is 0 Å². The van der Waals surface area contributed by atoms with Gasteiger partial charge in [0.1, 0.15) is 6.54 Å². The molecule has 19 heavy (non-hydrogen) atoms.